The molecule has 2 aromatic rings. The molecule has 0 spiro atoms. The summed E-state index contributed by atoms with van der Waals surface area (Å²) in [6, 6.07) is 5.52. The summed E-state index contributed by atoms with van der Waals surface area (Å²) in [4.78, 5) is 25.9. The van der Waals surface area contributed by atoms with Gasteiger partial charge in [-0.3, -0.25) is 9.59 Å². The summed E-state index contributed by atoms with van der Waals surface area (Å²) in [5, 5.41) is 13.7. The second-order valence-corrected chi connectivity index (χ2v) is 6.41. The predicted octanol–water partition coefficient (Wildman–Crippen LogP) is 2.56. The third-order valence-corrected chi connectivity index (χ3v) is 4.91. The summed E-state index contributed by atoms with van der Waals surface area (Å²) in [6.45, 7) is 5.71. The van der Waals surface area contributed by atoms with E-state index in [0.717, 1.165) is 0 Å². The molecule has 7 heteroatoms. The van der Waals surface area contributed by atoms with Gasteiger partial charge in [0.2, 0.25) is 0 Å². The molecule has 3 rings (SSSR count). The fourth-order valence-corrected chi connectivity index (χ4v) is 3.49. The van der Waals surface area contributed by atoms with Crippen LogP contribution >= 0.6 is 0 Å². The lowest BCUT2D eigenvalue weighted by Crippen LogP contribution is -2.38. The summed E-state index contributed by atoms with van der Waals surface area (Å²) < 4.78 is 14.7. The van der Waals surface area contributed by atoms with Crippen LogP contribution in [0.1, 0.15) is 35.1 Å². The Labute approximate surface area is 144 Å². The molecule has 2 atom stereocenters. The maximum Gasteiger partial charge on any atom is 0.308 e. The Morgan fingerprint density at radius 1 is 1.24 bits per heavy atom. The summed E-state index contributed by atoms with van der Waals surface area (Å²) in [6.07, 6.45) is 0.451. The molecule has 0 saturated carbocycles. The molecule has 0 aliphatic carbocycles. The van der Waals surface area contributed by atoms with E-state index in [0.29, 0.717) is 35.6 Å². The third-order valence-electron chi connectivity index (χ3n) is 4.91. The number of carboxylic acid groups (broad SMARTS) is 1. The van der Waals surface area contributed by atoms with Gasteiger partial charge in [0.05, 0.1) is 28.6 Å². The molecule has 25 heavy (non-hydrogen) atoms. The molecule has 1 aromatic heterocycles. The summed E-state index contributed by atoms with van der Waals surface area (Å²) >= 11 is 0. The Hall–Kier alpha value is -2.70. The van der Waals surface area contributed by atoms with E-state index >= 15 is 0 Å². The van der Waals surface area contributed by atoms with Gasteiger partial charge in [-0.1, -0.05) is 0 Å². The molecule has 2 unspecified atom stereocenters. The highest BCUT2D eigenvalue weighted by Crippen LogP contribution is 2.28. The van der Waals surface area contributed by atoms with Crippen molar-refractivity contribution in [2.24, 2.45) is 5.92 Å². The van der Waals surface area contributed by atoms with Crippen LogP contribution in [0.4, 0.5) is 4.39 Å². The van der Waals surface area contributed by atoms with Gasteiger partial charge < -0.3 is 10.0 Å². The SMILES string of the molecule is Cc1nn(-c2ccc(F)cc2)c(C)c1C(=O)N1CCC(C(=O)O)C1C. The molecule has 2 heterocycles. The first-order valence-electron chi connectivity index (χ1n) is 8.17. The van der Waals surface area contributed by atoms with E-state index in [1.165, 1.54) is 12.1 Å². The number of rotatable bonds is 3. The molecular weight excluding hydrogens is 325 g/mol. The summed E-state index contributed by atoms with van der Waals surface area (Å²) in [7, 11) is 0. The van der Waals surface area contributed by atoms with Crippen molar-refractivity contribution >= 4 is 11.9 Å². The monoisotopic (exact) mass is 345 g/mol. The van der Waals surface area contributed by atoms with E-state index in [4.69, 9.17) is 0 Å². The van der Waals surface area contributed by atoms with E-state index < -0.39 is 11.9 Å². The quantitative estimate of drug-likeness (QED) is 0.928. The number of carboxylic acids is 1. The van der Waals surface area contributed by atoms with E-state index in [-0.39, 0.29) is 17.8 Å². The fraction of sp³-hybridized carbons (Fsp3) is 0.389. The van der Waals surface area contributed by atoms with E-state index in [1.807, 2.05) is 0 Å². The average molecular weight is 345 g/mol. The molecule has 1 aromatic carbocycles. The van der Waals surface area contributed by atoms with Crippen LogP contribution in [0.5, 0.6) is 0 Å². The molecule has 0 bridgehead atoms. The lowest BCUT2D eigenvalue weighted by atomic mass is 10.0. The van der Waals surface area contributed by atoms with Crippen molar-refractivity contribution in [1.82, 2.24) is 14.7 Å². The van der Waals surface area contributed by atoms with Gasteiger partial charge in [0.1, 0.15) is 5.82 Å². The van der Waals surface area contributed by atoms with Crippen LogP contribution in [-0.2, 0) is 4.79 Å². The van der Waals surface area contributed by atoms with Crippen LogP contribution in [-0.4, -0.2) is 44.3 Å². The van der Waals surface area contributed by atoms with Gasteiger partial charge >= 0.3 is 5.97 Å². The Morgan fingerprint density at radius 2 is 1.88 bits per heavy atom. The van der Waals surface area contributed by atoms with Crippen molar-refractivity contribution in [3.63, 3.8) is 0 Å². The molecule has 132 valence electrons. The number of aliphatic carboxylic acids is 1. The number of aromatic nitrogens is 2. The zero-order chi connectivity index (χ0) is 18.3. The minimum atomic E-state index is -0.877. The average Bonchev–Trinajstić information content (AvgIpc) is 3.08. The van der Waals surface area contributed by atoms with Crippen molar-refractivity contribution in [3.8, 4) is 5.69 Å². The number of hydrogen-bond acceptors (Lipinski definition) is 3. The number of amides is 1. The lowest BCUT2D eigenvalue weighted by molar-refractivity contribution is -0.142. The van der Waals surface area contributed by atoms with Gasteiger partial charge in [0, 0.05) is 12.6 Å². The minimum absolute atomic E-state index is 0.209. The summed E-state index contributed by atoms with van der Waals surface area (Å²) in [5.41, 5.74) is 2.36. The number of likely N-dealkylation sites (tertiary alicyclic amines) is 1. The molecule has 1 fully saturated rings. The minimum Gasteiger partial charge on any atom is -0.481 e. The fourth-order valence-electron chi connectivity index (χ4n) is 3.49. The van der Waals surface area contributed by atoms with Crippen LogP contribution in [0.3, 0.4) is 0 Å². The second-order valence-electron chi connectivity index (χ2n) is 6.41. The van der Waals surface area contributed by atoms with Crippen LogP contribution in [0, 0.1) is 25.6 Å². The standard InChI is InChI=1S/C18H20FN3O3/c1-10-16(17(23)21-9-8-15(11(21)2)18(24)25)12(3)22(20-10)14-6-4-13(19)5-7-14/h4-7,11,15H,8-9H2,1-3H3,(H,24,25). The molecule has 1 saturated heterocycles. The smallest absolute Gasteiger partial charge is 0.308 e. The van der Waals surface area contributed by atoms with Gasteiger partial charge in [0.15, 0.2) is 0 Å². The van der Waals surface area contributed by atoms with Crippen LogP contribution in [0.15, 0.2) is 24.3 Å². The van der Waals surface area contributed by atoms with Crippen molar-refractivity contribution < 1.29 is 19.1 Å². The first-order valence-corrected chi connectivity index (χ1v) is 8.17. The van der Waals surface area contributed by atoms with Crippen molar-refractivity contribution in [3.05, 3.63) is 47.0 Å². The van der Waals surface area contributed by atoms with Crippen LogP contribution < -0.4 is 0 Å². The predicted molar refractivity (Wildman–Crippen MR) is 89.2 cm³/mol. The third kappa shape index (κ3) is 2.90. The molecule has 1 N–H and O–H groups in total. The van der Waals surface area contributed by atoms with E-state index in [1.54, 1.807) is 42.5 Å². The number of halogens is 1. The number of benzene rings is 1. The largest absolute Gasteiger partial charge is 0.481 e. The van der Waals surface area contributed by atoms with Crippen LogP contribution in [0.2, 0.25) is 0 Å². The van der Waals surface area contributed by atoms with Crippen LogP contribution in [0.25, 0.3) is 5.69 Å². The maximum absolute atomic E-state index is 13.1. The van der Waals surface area contributed by atoms with E-state index in [9.17, 15) is 19.1 Å². The number of hydrogen-bond donors (Lipinski definition) is 1. The second kappa shape index (κ2) is 6.31. The number of nitrogens with zero attached hydrogens (tertiary/aromatic N) is 3. The molecule has 0 radical (unpaired) electrons. The molecular formula is C18H20FN3O3. The van der Waals surface area contributed by atoms with Gasteiger partial charge in [-0.25, -0.2) is 9.07 Å². The Balaban J connectivity index is 1.94. The van der Waals surface area contributed by atoms with Crippen molar-refractivity contribution in [2.75, 3.05) is 6.54 Å². The first-order chi connectivity index (χ1) is 11.8. The van der Waals surface area contributed by atoms with Gasteiger partial charge in [-0.05, 0) is 51.5 Å². The van der Waals surface area contributed by atoms with E-state index in [2.05, 4.69) is 5.10 Å². The number of aryl methyl sites for hydroxylation is 1. The van der Waals surface area contributed by atoms with Gasteiger partial charge in [-0.2, -0.15) is 5.10 Å². The molecule has 1 aliphatic rings. The van der Waals surface area contributed by atoms with Gasteiger partial charge in [0.25, 0.3) is 5.91 Å². The molecule has 1 aliphatic heterocycles. The Kier molecular flexibility index (Phi) is 4.32. The topological polar surface area (TPSA) is 75.4 Å². The number of carbonyl (C=O) groups is 2. The molecule has 6 nitrogen and oxygen atoms in total. The zero-order valence-electron chi connectivity index (χ0n) is 14.4. The maximum atomic E-state index is 13.1. The highest BCUT2D eigenvalue weighted by atomic mass is 19.1. The highest BCUT2D eigenvalue weighted by Gasteiger charge is 2.39. The Morgan fingerprint density at radius 3 is 2.44 bits per heavy atom. The van der Waals surface area contributed by atoms with Crippen molar-refractivity contribution in [1.29, 1.82) is 0 Å². The number of carbonyl (C=O) groups excluding carboxylic acids is 1. The first kappa shape index (κ1) is 17.1. The highest BCUT2D eigenvalue weighted by molar-refractivity contribution is 5.97. The normalized spacial score (nSPS) is 20.1. The Bertz CT molecular complexity index is 829. The van der Waals surface area contributed by atoms with Crippen molar-refractivity contribution in [2.45, 2.75) is 33.2 Å². The van der Waals surface area contributed by atoms with Gasteiger partial charge in [-0.15, -0.1) is 0 Å². The summed E-state index contributed by atoms with van der Waals surface area (Å²) in [5.74, 6) is -1.97. The zero-order valence-corrected chi connectivity index (χ0v) is 14.4. The lowest BCUT2D eigenvalue weighted by Gasteiger charge is -2.23. The molecule has 1 amide bonds.